The second-order valence-electron chi connectivity index (χ2n) is 6.84. The topological polar surface area (TPSA) is 84.9 Å². The Bertz CT molecular complexity index is 860. The fraction of sp³-hybridized carbons (Fsp3) is 0.381. The van der Waals surface area contributed by atoms with Crippen molar-refractivity contribution in [1.82, 2.24) is 4.90 Å². The monoisotopic (exact) mass is 416 g/mol. The largest absolute Gasteiger partial charge is 0.497 e. The van der Waals surface area contributed by atoms with Gasteiger partial charge in [0.1, 0.15) is 5.75 Å². The van der Waals surface area contributed by atoms with Crippen LogP contribution >= 0.6 is 11.3 Å². The molecule has 0 radical (unpaired) electrons. The molecule has 1 N–H and O–H groups in total. The number of thiophene rings is 1. The van der Waals surface area contributed by atoms with Crippen molar-refractivity contribution in [3.8, 4) is 5.75 Å². The van der Waals surface area contributed by atoms with Crippen LogP contribution in [0.3, 0.4) is 0 Å². The quantitative estimate of drug-likeness (QED) is 0.731. The summed E-state index contributed by atoms with van der Waals surface area (Å²) in [7, 11) is 1.55. The average Bonchev–Trinajstić information content (AvgIpc) is 3.28. The number of ether oxygens (including phenoxy) is 2. The van der Waals surface area contributed by atoms with Crippen molar-refractivity contribution in [2.75, 3.05) is 25.5 Å². The normalized spacial score (nSPS) is 15.4. The Morgan fingerprint density at radius 2 is 1.93 bits per heavy atom. The first kappa shape index (κ1) is 20.9. The zero-order chi connectivity index (χ0) is 20.8. The number of rotatable bonds is 6. The van der Waals surface area contributed by atoms with Crippen LogP contribution in [0.4, 0.5) is 5.69 Å². The molecule has 0 aliphatic carbocycles. The number of anilines is 1. The van der Waals surface area contributed by atoms with Gasteiger partial charge in [-0.15, -0.1) is 11.3 Å². The van der Waals surface area contributed by atoms with Crippen LogP contribution in [-0.2, 0) is 14.3 Å². The molecule has 0 unspecified atom stereocenters. The number of amides is 2. The van der Waals surface area contributed by atoms with Crippen LogP contribution in [0.1, 0.15) is 29.4 Å². The lowest BCUT2D eigenvalue weighted by Crippen LogP contribution is -2.41. The van der Waals surface area contributed by atoms with E-state index in [1.165, 1.54) is 11.3 Å². The third kappa shape index (κ3) is 5.35. The van der Waals surface area contributed by atoms with Crippen LogP contribution in [0.15, 0.2) is 41.8 Å². The van der Waals surface area contributed by atoms with Crippen LogP contribution in [0, 0.1) is 5.92 Å². The fourth-order valence-corrected chi connectivity index (χ4v) is 3.83. The summed E-state index contributed by atoms with van der Waals surface area (Å²) in [6.45, 7) is 2.55. The van der Waals surface area contributed by atoms with Crippen LogP contribution in [0.5, 0.6) is 5.75 Å². The summed E-state index contributed by atoms with van der Waals surface area (Å²) in [5.74, 6) is -0.498. The number of methoxy groups -OCH3 is 1. The number of piperidine rings is 1. The highest BCUT2D eigenvalue weighted by atomic mass is 32.1. The van der Waals surface area contributed by atoms with Gasteiger partial charge in [0.25, 0.3) is 11.8 Å². The molecule has 1 aliphatic rings. The van der Waals surface area contributed by atoms with Gasteiger partial charge in [-0.25, -0.2) is 0 Å². The standard InChI is InChI=1S/C21H24N2O5S/c1-14(19(24)22-16-5-3-6-17(13-16)27-2)28-21(26)15-8-10-23(11-9-15)20(25)18-7-4-12-29-18/h3-7,12-15H,8-11H2,1-2H3,(H,22,24)/t14-/m1/s1. The highest BCUT2D eigenvalue weighted by Crippen LogP contribution is 2.23. The SMILES string of the molecule is COc1cccc(NC(=O)[C@@H](C)OC(=O)C2CCN(C(=O)c3cccs3)CC2)c1. The predicted octanol–water partition coefficient (Wildman–Crippen LogP) is 3.18. The van der Waals surface area contributed by atoms with Crippen molar-refractivity contribution >= 4 is 34.8 Å². The molecule has 1 aromatic carbocycles. The first-order chi connectivity index (χ1) is 14.0. The van der Waals surface area contributed by atoms with Gasteiger partial charge in [0, 0.05) is 24.8 Å². The molecule has 7 nitrogen and oxygen atoms in total. The zero-order valence-electron chi connectivity index (χ0n) is 16.4. The van der Waals surface area contributed by atoms with E-state index in [1.54, 1.807) is 49.3 Å². The van der Waals surface area contributed by atoms with Gasteiger partial charge in [0.2, 0.25) is 0 Å². The van der Waals surface area contributed by atoms with Crippen LogP contribution in [-0.4, -0.2) is 49.0 Å². The summed E-state index contributed by atoms with van der Waals surface area (Å²) in [5.41, 5.74) is 0.567. The van der Waals surface area contributed by atoms with E-state index in [0.717, 1.165) is 0 Å². The van der Waals surface area contributed by atoms with Gasteiger partial charge in [-0.2, -0.15) is 0 Å². The summed E-state index contributed by atoms with van der Waals surface area (Å²) >= 11 is 1.41. The van der Waals surface area contributed by atoms with Gasteiger partial charge in [-0.1, -0.05) is 12.1 Å². The lowest BCUT2D eigenvalue weighted by molar-refractivity contribution is -0.158. The van der Waals surface area contributed by atoms with Crippen molar-refractivity contribution < 1.29 is 23.9 Å². The molecule has 0 saturated carbocycles. The number of carbonyl (C=O) groups excluding carboxylic acids is 3. The maximum atomic E-state index is 12.4. The minimum absolute atomic E-state index is 0.00199. The number of hydrogen-bond donors (Lipinski definition) is 1. The molecule has 2 heterocycles. The minimum Gasteiger partial charge on any atom is -0.497 e. The van der Waals surface area contributed by atoms with Crippen LogP contribution in [0.2, 0.25) is 0 Å². The third-order valence-electron chi connectivity index (χ3n) is 4.85. The number of likely N-dealkylation sites (tertiary alicyclic amines) is 1. The molecule has 29 heavy (non-hydrogen) atoms. The highest BCUT2D eigenvalue weighted by Gasteiger charge is 2.31. The van der Waals surface area contributed by atoms with Gasteiger partial charge in [-0.05, 0) is 43.3 Å². The van der Waals surface area contributed by atoms with E-state index in [1.807, 2.05) is 11.4 Å². The second-order valence-corrected chi connectivity index (χ2v) is 7.79. The fourth-order valence-electron chi connectivity index (χ4n) is 3.14. The summed E-state index contributed by atoms with van der Waals surface area (Å²) in [5, 5.41) is 4.58. The summed E-state index contributed by atoms with van der Waals surface area (Å²) in [4.78, 5) is 39.6. The van der Waals surface area contributed by atoms with Crippen molar-refractivity contribution in [2.45, 2.75) is 25.9 Å². The van der Waals surface area contributed by atoms with Crippen molar-refractivity contribution in [2.24, 2.45) is 5.92 Å². The van der Waals surface area contributed by atoms with E-state index in [0.29, 0.717) is 42.2 Å². The molecule has 1 saturated heterocycles. The number of nitrogens with one attached hydrogen (secondary N) is 1. The van der Waals surface area contributed by atoms with Gasteiger partial charge in [0.15, 0.2) is 6.10 Å². The molecule has 8 heteroatoms. The molecule has 1 aromatic heterocycles. The molecule has 154 valence electrons. The van der Waals surface area contributed by atoms with Gasteiger partial charge < -0.3 is 19.7 Å². The Balaban J connectivity index is 1.47. The molecule has 0 bridgehead atoms. The van der Waals surface area contributed by atoms with Crippen LogP contribution < -0.4 is 10.1 Å². The first-order valence-electron chi connectivity index (χ1n) is 9.46. The van der Waals surface area contributed by atoms with Crippen LogP contribution in [0.25, 0.3) is 0 Å². The Morgan fingerprint density at radius 3 is 2.59 bits per heavy atom. The van der Waals surface area contributed by atoms with E-state index in [-0.39, 0.29) is 11.8 Å². The zero-order valence-corrected chi connectivity index (χ0v) is 17.2. The molecule has 3 rings (SSSR count). The smallest absolute Gasteiger partial charge is 0.309 e. The number of benzene rings is 1. The number of hydrogen-bond acceptors (Lipinski definition) is 6. The maximum Gasteiger partial charge on any atom is 0.309 e. The summed E-state index contributed by atoms with van der Waals surface area (Å²) < 4.78 is 10.5. The minimum atomic E-state index is -0.917. The van der Waals surface area contributed by atoms with Gasteiger partial charge in [0.05, 0.1) is 17.9 Å². The van der Waals surface area contributed by atoms with Crippen molar-refractivity contribution in [3.63, 3.8) is 0 Å². The number of nitrogens with zero attached hydrogens (tertiary/aromatic N) is 1. The van der Waals surface area contributed by atoms with Gasteiger partial charge >= 0.3 is 5.97 Å². The maximum absolute atomic E-state index is 12.4. The lowest BCUT2D eigenvalue weighted by atomic mass is 9.97. The molecule has 1 atom stereocenters. The molecule has 2 amide bonds. The number of esters is 1. The second kappa shape index (κ2) is 9.56. The third-order valence-corrected chi connectivity index (χ3v) is 5.70. The Kier molecular flexibility index (Phi) is 6.87. The average molecular weight is 416 g/mol. The molecule has 1 fully saturated rings. The highest BCUT2D eigenvalue weighted by molar-refractivity contribution is 7.12. The molecular weight excluding hydrogens is 392 g/mol. The van der Waals surface area contributed by atoms with E-state index in [2.05, 4.69) is 5.32 Å². The molecular formula is C21H24N2O5S. The van der Waals surface area contributed by atoms with E-state index in [4.69, 9.17) is 9.47 Å². The van der Waals surface area contributed by atoms with Gasteiger partial charge in [-0.3, -0.25) is 14.4 Å². The van der Waals surface area contributed by atoms with E-state index in [9.17, 15) is 14.4 Å². The van der Waals surface area contributed by atoms with Crippen molar-refractivity contribution in [3.05, 3.63) is 46.7 Å². The Hall–Kier alpha value is -2.87. The summed E-state index contributed by atoms with van der Waals surface area (Å²) in [6, 6.07) is 10.6. The lowest BCUT2D eigenvalue weighted by Gasteiger charge is -2.31. The number of carbonyl (C=O) groups is 3. The molecule has 1 aliphatic heterocycles. The summed E-state index contributed by atoms with van der Waals surface area (Å²) in [6.07, 6.45) is 0.139. The van der Waals surface area contributed by atoms with E-state index < -0.39 is 18.0 Å². The Morgan fingerprint density at radius 1 is 1.17 bits per heavy atom. The molecule has 0 spiro atoms. The predicted molar refractivity (Wildman–Crippen MR) is 110 cm³/mol. The first-order valence-corrected chi connectivity index (χ1v) is 10.3. The Labute approximate surface area is 173 Å². The van der Waals surface area contributed by atoms with Crippen molar-refractivity contribution in [1.29, 1.82) is 0 Å². The van der Waals surface area contributed by atoms with E-state index >= 15 is 0 Å². The molecule has 2 aromatic rings.